The van der Waals surface area contributed by atoms with E-state index < -0.39 is 11.7 Å². The maximum atomic E-state index is 13.8. The lowest BCUT2D eigenvalue weighted by Crippen LogP contribution is -2.38. The van der Waals surface area contributed by atoms with Crippen LogP contribution in [0.15, 0.2) is 58.2 Å². The van der Waals surface area contributed by atoms with Gasteiger partial charge >= 0.3 is 0 Å². The summed E-state index contributed by atoms with van der Waals surface area (Å²) in [7, 11) is 1.35. The van der Waals surface area contributed by atoms with Gasteiger partial charge in [-0.05, 0) is 12.1 Å². The molecular formula is C21H18FN5O4. The van der Waals surface area contributed by atoms with Crippen molar-refractivity contribution < 1.29 is 23.2 Å². The minimum absolute atomic E-state index is 0.0629. The number of halogens is 1. The summed E-state index contributed by atoms with van der Waals surface area (Å²) in [6.07, 6.45) is 0.462. The molecule has 2 heterocycles. The zero-order valence-corrected chi connectivity index (χ0v) is 16.5. The van der Waals surface area contributed by atoms with Crippen LogP contribution >= 0.6 is 0 Å². The number of anilines is 1. The number of hydrogen-bond acceptors (Lipinski definition) is 7. The molecule has 31 heavy (non-hydrogen) atoms. The molecule has 1 aliphatic heterocycles. The van der Waals surface area contributed by atoms with E-state index in [1.54, 1.807) is 0 Å². The topological polar surface area (TPSA) is 110 Å². The highest BCUT2D eigenvalue weighted by molar-refractivity contribution is 6.02. The first kappa shape index (κ1) is 20.2. The number of nitrogens with one attached hydrogen (secondary N) is 1. The predicted octanol–water partition coefficient (Wildman–Crippen LogP) is 2.85. The second kappa shape index (κ2) is 8.74. The third kappa shape index (κ3) is 4.58. The summed E-state index contributed by atoms with van der Waals surface area (Å²) in [5, 5.41) is 11.7. The van der Waals surface area contributed by atoms with Crippen molar-refractivity contribution in [2.24, 2.45) is 5.10 Å². The van der Waals surface area contributed by atoms with Crippen LogP contribution in [-0.2, 0) is 9.59 Å². The van der Waals surface area contributed by atoms with Gasteiger partial charge in [-0.2, -0.15) is 10.1 Å². The third-order valence-corrected chi connectivity index (χ3v) is 4.54. The Labute approximate surface area is 176 Å². The first-order valence-corrected chi connectivity index (χ1v) is 9.44. The Bertz CT molecular complexity index is 1150. The maximum Gasteiger partial charge on any atom is 0.274 e. The standard InChI is InChI=1S/C21H18FN5O4/c1-30-17-9-7-14(11-15(17)22)23-18(28)12-27-19(29)10-8-16(25-27)21-24-20(26-31-21)13-5-3-2-4-6-13/h2-7,9,11H,8,10,12H2,1H3,(H,23,28). The molecule has 0 saturated carbocycles. The Morgan fingerprint density at radius 1 is 1.23 bits per heavy atom. The summed E-state index contributed by atoms with van der Waals surface area (Å²) >= 11 is 0. The molecule has 0 unspecified atom stereocenters. The van der Waals surface area contributed by atoms with Crippen LogP contribution in [0.2, 0.25) is 0 Å². The molecule has 0 spiro atoms. The normalized spacial score (nSPS) is 13.7. The fraction of sp³-hybridized carbons (Fsp3) is 0.190. The van der Waals surface area contributed by atoms with E-state index in [1.807, 2.05) is 30.3 Å². The van der Waals surface area contributed by atoms with E-state index >= 15 is 0 Å². The van der Waals surface area contributed by atoms with Gasteiger partial charge in [0.15, 0.2) is 11.6 Å². The second-order valence-corrected chi connectivity index (χ2v) is 6.68. The van der Waals surface area contributed by atoms with Crippen molar-refractivity contribution >= 4 is 23.2 Å². The van der Waals surface area contributed by atoms with E-state index in [0.29, 0.717) is 18.0 Å². The molecule has 1 N–H and O–H groups in total. The van der Waals surface area contributed by atoms with Gasteiger partial charge in [-0.15, -0.1) is 0 Å². The van der Waals surface area contributed by atoms with Crippen LogP contribution in [0.1, 0.15) is 18.7 Å². The number of ether oxygens (including phenoxy) is 1. The number of rotatable bonds is 6. The van der Waals surface area contributed by atoms with Gasteiger partial charge in [0.05, 0.1) is 7.11 Å². The van der Waals surface area contributed by atoms with Crippen molar-refractivity contribution in [2.45, 2.75) is 12.8 Å². The lowest BCUT2D eigenvalue weighted by atomic mass is 10.1. The first-order valence-electron chi connectivity index (χ1n) is 9.44. The van der Waals surface area contributed by atoms with Crippen LogP contribution in [0.4, 0.5) is 10.1 Å². The highest BCUT2D eigenvalue weighted by Crippen LogP contribution is 2.21. The summed E-state index contributed by atoms with van der Waals surface area (Å²) in [6, 6.07) is 13.3. The highest BCUT2D eigenvalue weighted by Gasteiger charge is 2.26. The number of aromatic nitrogens is 2. The monoisotopic (exact) mass is 423 g/mol. The average molecular weight is 423 g/mol. The molecule has 1 aliphatic rings. The summed E-state index contributed by atoms with van der Waals surface area (Å²) in [4.78, 5) is 28.9. The SMILES string of the molecule is COc1ccc(NC(=O)CN2N=C(c3nc(-c4ccccc4)no3)CCC2=O)cc1F. The Morgan fingerprint density at radius 2 is 2.03 bits per heavy atom. The second-order valence-electron chi connectivity index (χ2n) is 6.68. The van der Waals surface area contributed by atoms with E-state index in [-0.39, 0.29) is 36.2 Å². The predicted molar refractivity (Wildman–Crippen MR) is 109 cm³/mol. The molecule has 0 aliphatic carbocycles. The van der Waals surface area contributed by atoms with Gasteiger partial charge in [0.2, 0.25) is 17.6 Å². The summed E-state index contributed by atoms with van der Waals surface area (Å²) in [6.45, 7) is -0.338. The molecule has 0 atom stereocenters. The molecule has 4 rings (SSSR count). The Kier molecular flexibility index (Phi) is 5.69. The molecule has 2 aromatic carbocycles. The largest absolute Gasteiger partial charge is 0.494 e. The minimum Gasteiger partial charge on any atom is -0.494 e. The Hall–Kier alpha value is -4.08. The van der Waals surface area contributed by atoms with Gasteiger partial charge in [0.1, 0.15) is 12.3 Å². The molecule has 3 aromatic rings. The van der Waals surface area contributed by atoms with Crippen molar-refractivity contribution in [2.75, 3.05) is 19.0 Å². The zero-order chi connectivity index (χ0) is 21.8. The number of carbonyl (C=O) groups excluding carboxylic acids is 2. The van der Waals surface area contributed by atoms with Gasteiger partial charge in [0.25, 0.3) is 5.89 Å². The summed E-state index contributed by atoms with van der Waals surface area (Å²) in [5.74, 6) is -0.802. The fourth-order valence-electron chi connectivity index (χ4n) is 3.00. The van der Waals surface area contributed by atoms with Crippen molar-refractivity contribution in [3.05, 3.63) is 60.2 Å². The van der Waals surface area contributed by atoms with E-state index in [1.165, 1.54) is 19.2 Å². The van der Waals surface area contributed by atoms with E-state index in [0.717, 1.165) is 16.6 Å². The highest BCUT2D eigenvalue weighted by atomic mass is 19.1. The van der Waals surface area contributed by atoms with Gasteiger partial charge in [-0.3, -0.25) is 9.59 Å². The van der Waals surface area contributed by atoms with Gasteiger partial charge in [-0.25, -0.2) is 9.40 Å². The molecule has 158 valence electrons. The summed E-state index contributed by atoms with van der Waals surface area (Å²) in [5.41, 5.74) is 1.44. The number of hydrogen-bond donors (Lipinski definition) is 1. The molecule has 0 fully saturated rings. The smallest absolute Gasteiger partial charge is 0.274 e. The van der Waals surface area contributed by atoms with Crippen LogP contribution in [-0.4, -0.2) is 46.3 Å². The van der Waals surface area contributed by atoms with Crippen LogP contribution in [0.3, 0.4) is 0 Å². The molecule has 0 radical (unpaired) electrons. The van der Waals surface area contributed by atoms with Crippen LogP contribution < -0.4 is 10.1 Å². The van der Waals surface area contributed by atoms with E-state index in [9.17, 15) is 14.0 Å². The Balaban J connectivity index is 1.46. The third-order valence-electron chi connectivity index (χ3n) is 4.54. The number of nitrogens with zero attached hydrogens (tertiary/aromatic N) is 4. The van der Waals surface area contributed by atoms with Crippen molar-refractivity contribution in [1.82, 2.24) is 15.1 Å². The first-order chi connectivity index (χ1) is 15.0. The number of hydrazone groups is 1. The van der Waals surface area contributed by atoms with Crippen molar-refractivity contribution in [1.29, 1.82) is 0 Å². The molecule has 0 bridgehead atoms. The molecule has 2 amide bonds. The fourth-order valence-corrected chi connectivity index (χ4v) is 3.00. The van der Waals surface area contributed by atoms with Crippen molar-refractivity contribution in [3.8, 4) is 17.1 Å². The lowest BCUT2D eigenvalue weighted by Gasteiger charge is -2.21. The zero-order valence-electron chi connectivity index (χ0n) is 16.5. The van der Waals surface area contributed by atoms with Crippen LogP contribution in [0, 0.1) is 5.82 Å². The molecular weight excluding hydrogens is 405 g/mol. The van der Waals surface area contributed by atoms with Crippen LogP contribution in [0.5, 0.6) is 5.75 Å². The molecule has 1 aromatic heterocycles. The van der Waals surface area contributed by atoms with Gasteiger partial charge in [-0.1, -0.05) is 35.5 Å². The van der Waals surface area contributed by atoms with Gasteiger partial charge in [0, 0.05) is 30.2 Å². The van der Waals surface area contributed by atoms with Crippen molar-refractivity contribution in [3.63, 3.8) is 0 Å². The molecule has 9 nitrogen and oxygen atoms in total. The molecule has 0 saturated heterocycles. The van der Waals surface area contributed by atoms with E-state index in [4.69, 9.17) is 9.26 Å². The number of benzene rings is 2. The maximum absolute atomic E-state index is 13.8. The van der Waals surface area contributed by atoms with Crippen LogP contribution in [0.25, 0.3) is 11.4 Å². The number of methoxy groups -OCH3 is 1. The minimum atomic E-state index is -0.611. The quantitative estimate of drug-likeness (QED) is 0.653. The average Bonchev–Trinajstić information content (AvgIpc) is 3.26. The summed E-state index contributed by atoms with van der Waals surface area (Å²) < 4.78 is 23.9. The molecule has 10 heteroatoms. The lowest BCUT2D eigenvalue weighted by molar-refractivity contribution is -0.135. The number of amides is 2. The Morgan fingerprint density at radius 3 is 2.77 bits per heavy atom. The number of carbonyl (C=O) groups is 2. The van der Waals surface area contributed by atoms with Gasteiger partial charge < -0.3 is 14.6 Å². The van der Waals surface area contributed by atoms with E-state index in [2.05, 4.69) is 20.6 Å².